The second kappa shape index (κ2) is 4.83. The number of fused-ring (bicyclic) bond motifs is 2. The number of aliphatic hydroxyl groups excluding tert-OH is 1. The minimum absolute atomic E-state index is 0.0200. The van der Waals surface area contributed by atoms with E-state index in [1.807, 2.05) is 0 Å². The summed E-state index contributed by atoms with van der Waals surface area (Å²) in [6, 6.07) is 0. The molecular formula is C20H32O3. The molecule has 0 bridgehead atoms. The molecule has 0 aromatic carbocycles. The van der Waals surface area contributed by atoms with Crippen molar-refractivity contribution >= 4 is 0 Å². The zero-order valence-electron chi connectivity index (χ0n) is 15.1. The largest absolute Gasteiger partial charge is 0.390 e. The molecular weight excluding hydrogens is 288 g/mol. The normalized spacial score (nSPS) is 52.1. The van der Waals surface area contributed by atoms with Crippen LogP contribution < -0.4 is 0 Å². The maximum absolute atomic E-state index is 10.6. The lowest BCUT2D eigenvalue weighted by atomic mass is 9.49. The lowest BCUT2D eigenvalue weighted by Crippen LogP contribution is -2.49. The van der Waals surface area contributed by atoms with Gasteiger partial charge in [0.05, 0.1) is 23.4 Å². The van der Waals surface area contributed by atoms with Crippen molar-refractivity contribution in [2.24, 2.45) is 17.3 Å². The van der Waals surface area contributed by atoms with E-state index in [2.05, 4.69) is 34.3 Å². The van der Waals surface area contributed by atoms with Crippen LogP contribution in [0.2, 0.25) is 0 Å². The zero-order chi connectivity index (χ0) is 16.6. The van der Waals surface area contributed by atoms with Crippen LogP contribution in [0.25, 0.3) is 0 Å². The Morgan fingerprint density at radius 1 is 1.22 bits per heavy atom. The van der Waals surface area contributed by atoms with Crippen LogP contribution in [0.3, 0.4) is 0 Å². The van der Waals surface area contributed by atoms with Crippen molar-refractivity contribution in [1.29, 1.82) is 0 Å². The van der Waals surface area contributed by atoms with Crippen molar-refractivity contribution in [1.82, 2.24) is 0 Å². The van der Waals surface area contributed by atoms with E-state index in [-0.39, 0.29) is 28.8 Å². The van der Waals surface area contributed by atoms with Gasteiger partial charge in [-0.2, -0.15) is 0 Å². The minimum atomic E-state index is -0.336. The standard InChI is InChI=1S/C20H32O3/c1-12-6-7-16-20(5,22-16)9-8-14-13(12)10-19(14,4)11-15(21)17-18(2,3)23-17/h13-17,21H,1,6-11H2,2-5H3/t13-,14-,15-,16-,17-,19+,20-/m1/s1. The van der Waals surface area contributed by atoms with Crippen LogP contribution in [-0.2, 0) is 9.47 Å². The molecule has 2 aliphatic heterocycles. The first kappa shape index (κ1) is 16.1. The fraction of sp³-hybridized carbons (Fsp3) is 0.900. The maximum Gasteiger partial charge on any atom is 0.113 e. The first-order valence-corrected chi connectivity index (χ1v) is 9.36. The van der Waals surface area contributed by atoms with Gasteiger partial charge in [0, 0.05) is 0 Å². The summed E-state index contributed by atoms with van der Waals surface area (Å²) in [6.07, 6.45) is 6.79. The van der Waals surface area contributed by atoms with Crippen molar-refractivity contribution in [2.75, 3.05) is 0 Å². The molecule has 3 nitrogen and oxygen atoms in total. The summed E-state index contributed by atoms with van der Waals surface area (Å²) in [4.78, 5) is 0. The van der Waals surface area contributed by atoms with Gasteiger partial charge < -0.3 is 14.6 Å². The maximum atomic E-state index is 10.6. The van der Waals surface area contributed by atoms with E-state index in [1.54, 1.807) is 0 Å². The molecule has 0 spiro atoms. The molecule has 7 atom stereocenters. The molecule has 130 valence electrons. The molecule has 0 amide bonds. The number of epoxide rings is 2. The van der Waals surface area contributed by atoms with Crippen molar-refractivity contribution in [3.8, 4) is 0 Å². The van der Waals surface area contributed by atoms with Gasteiger partial charge in [0.2, 0.25) is 0 Å². The molecule has 3 heteroatoms. The van der Waals surface area contributed by atoms with Crippen LogP contribution in [-0.4, -0.2) is 34.6 Å². The first-order valence-electron chi connectivity index (χ1n) is 9.36. The molecule has 0 unspecified atom stereocenters. The molecule has 2 aliphatic carbocycles. The molecule has 2 saturated carbocycles. The summed E-state index contributed by atoms with van der Waals surface area (Å²) in [5.74, 6) is 1.30. The van der Waals surface area contributed by atoms with Gasteiger partial charge in [0.1, 0.15) is 6.10 Å². The van der Waals surface area contributed by atoms with Crippen molar-refractivity contribution in [2.45, 2.75) is 95.7 Å². The highest BCUT2D eigenvalue weighted by Gasteiger charge is 2.59. The first-order chi connectivity index (χ1) is 10.6. The van der Waals surface area contributed by atoms with Crippen molar-refractivity contribution in [3.05, 3.63) is 12.2 Å². The van der Waals surface area contributed by atoms with Crippen LogP contribution >= 0.6 is 0 Å². The average Bonchev–Trinajstić information content (AvgIpc) is 3.29. The number of ether oxygens (including phenoxy) is 2. The molecule has 4 aliphatic rings. The van der Waals surface area contributed by atoms with Gasteiger partial charge in [-0.1, -0.05) is 19.1 Å². The average molecular weight is 320 g/mol. The van der Waals surface area contributed by atoms with Gasteiger partial charge in [-0.15, -0.1) is 0 Å². The third-order valence-corrected chi connectivity index (χ3v) is 7.39. The highest BCUT2D eigenvalue weighted by atomic mass is 16.6. The molecule has 4 rings (SSSR count). The summed E-state index contributed by atoms with van der Waals surface area (Å²) in [5.41, 5.74) is 1.62. The summed E-state index contributed by atoms with van der Waals surface area (Å²) >= 11 is 0. The van der Waals surface area contributed by atoms with Gasteiger partial charge >= 0.3 is 0 Å². The Morgan fingerprint density at radius 2 is 1.91 bits per heavy atom. The fourth-order valence-corrected chi connectivity index (χ4v) is 5.57. The Bertz CT molecular complexity index is 527. The second-order valence-corrected chi connectivity index (χ2v) is 9.64. The molecule has 4 fully saturated rings. The topological polar surface area (TPSA) is 45.3 Å². The van der Waals surface area contributed by atoms with Gasteiger partial charge in [-0.05, 0) is 76.5 Å². The minimum Gasteiger partial charge on any atom is -0.390 e. The predicted octanol–water partition coefficient (Wildman–Crippen LogP) is 3.84. The van der Waals surface area contributed by atoms with Crippen LogP contribution in [0.5, 0.6) is 0 Å². The molecule has 1 N–H and O–H groups in total. The molecule has 0 aromatic heterocycles. The third-order valence-electron chi connectivity index (χ3n) is 7.39. The third kappa shape index (κ3) is 2.60. The molecule has 2 heterocycles. The number of hydrogen-bond acceptors (Lipinski definition) is 3. The van der Waals surface area contributed by atoms with Crippen LogP contribution in [0.1, 0.15) is 66.2 Å². The van der Waals surface area contributed by atoms with E-state index in [0.29, 0.717) is 17.9 Å². The van der Waals surface area contributed by atoms with Crippen molar-refractivity contribution < 1.29 is 14.6 Å². The van der Waals surface area contributed by atoms with E-state index >= 15 is 0 Å². The molecule has 0 aromatic rings. The van der Waals surface area contributed by atoms with Crippen LogP contribution in [0, 0.1) is 17.3 Å². The van der Waals surface area contributed by atoms with Crippen LogP contribution in [0.15, 0.2) is 12.2 Å². The van der Waals surface area contributed by atoms with Gasteiger partial charge in [-0.25, -0.2) is 0 Å². The monoisotopic (exact) mass is 320 g/mol. The summed E-state index contributed by atoms with van der Waals surface area (Å²) in [5, 5.41) is 10.6. The Labute approximate surface area is 140 Å². The van der Waals surface area contributed by atoms with E-state index < -0.39 is 0 Å². The number of aliphatic hydroxyl groups is 1. The molecule has 0 radical (unpaired) electrons. The van der Waals surface area contributed by atoms with E-state index in [4.69, 9.17) is 9.47 Å². The lowest BCUT2D eigenvalue weighted by molar-refractivity contribution is -0.0599. The smallest absolute Gasteiger partial charge is 0.113 e. The van der Waals surface area contributed by atoms with Gasteiger partial charge in [0.25, 0.3) is 0 Å². The summed E-state index contributed by atoms with van der Waals surface area (Å²) < 4.78 is 11.6. The summed E-state index contributed by atoms with van der Waals surface area (Å²) in [7, 11) is 0. The van der Waals surface area contributed by atoms with Crippen molar-refractivity contribution in [3.63, 3.8) is 0 Å². The van der Waals surface area contributed by atoms with E-state index in [9.17, 15) is 5.11 Å². The Morgan fingerprint density at radius 3 is 2.57 bits per heavy atom. The number of rotatable bonds is 3. The van der Waals surface area contributed by atoms with E-state index in [1.165, 1.54) is 18.4 Å². The molecule has 2 saturated heterocycles. The highest BCUT2D eigenvalue weighted by Crippen LogP contribution is 2.61. The Hall–Kier alpha value is -0.380. The Balaban J connectivity index is 1.45. The fourth-order valence-electron chi connectivity index (χ4n) is 5.57. The van der Waals surface area contributed by atoms with Gasteiger partial charge in [0.15, 0.2) is 0 Å². The second-order valence-electron chi connectivity index (χ2n) is 9.64. The quantitative estimate of drug-likeness (QED) is 0.635. The SMILES string of the molecule is C=C1CC[C@H]2O[C@]2(C)CC[C@@H]2[C@@H]1C[C@@]2(C)C[C@@H](O)[C@H]1OC1(C)C. The predicted molar refractivity (Wildman–Crippen MR) is 90.2 cm³/mol. The Kier molecular flexibility index (Phi) is 3.38. The van der Waals surface area contributed by atoms with Gasteiger partial charge in [-0.3, -0.25) is 0 Å². The zero-order valence-corrected chi connectivity index (χ0v) is 15.1. The summed E-state index contributed by atoms with van der Waals surface area (Å²) in [6.45, 7) is 13.2. The lowest BCUT2D eigenvalue weighted by Gasteiger charge is -2.55. The van der Waals surface area contributed by atoms with E-state index in [0.717, 1.165) is 25.7 Å². The number of allylic oxidation sites excluding steroid dienone is 1. The molecule has 23 heavy (non-hydrogen) atoms. The number of hydrogen-bond donors (Lipinski definition) is 1. The van der Waals surface area contributed by atoms with Crippen LogP contribution in [0.4, 0.5) is 0 Å². The highest BCUT2D eigenvalue weighted by molar-refractivity contribution is 5.18.